The maximum absolute atomic E-state index is 12.4. The van der Waals surface area contributed by atoms with Gasteiger partial charge in [-0.25, -0.2) is 9.97 Å². The summed E-state index contributed by atoms with van der Waals surface area (Å²) in [4.78, 5) is 10.7. The molecule has 2 rings (SSSR count). The maximum atomic E-state index is 12.4. The number of halogens is 1. The van der Waals surface area contributed by atoms with E-state index in [1.165, 1.54) is 6.20 Å². The van der Waals surface area contributed by atoms with Gasteiger partial charge in [0, 0.05) is 17.8 Å². The van der Waals surface area contributed by atoms with Gasteiger partial charge in [-0.3, -0.25) is 0 Å². The summed E-state index contributed by atoms with van der Waals surface area (Å²) >= 11 is 0. The Hall–Kier alpha value is -1.58. The predicted molar refractivity (Wildman–Crippen MR) is 37.3 cm³/mol. The molecule has 11 heavy (non-hydrogen) atoms. The first-order valence-corrected chi connectivity index (χ1v) is 3.09. The van der Waals surface area contributed by atoms with E-state index in [-0.39, 0.29) is 0 Å². The molecule has 2 aromatic heterocycles. The molecule has 0 aromatic carbocycles. The lowest BCUT2D eigenvalue weighted by atomic mass is 10.3. The van der Waals surface area contributed by atoms with Gasteiger partial charge in [-0.1, -0.05) is 0 Å². The third-order valence-electron chi connectivity index (χ3n) is 1.33. The molecule has 0 aliphatic rings. The first-order chi connectivity index (χ1) is 5.36. The molecule has 0 saturated carbocycles. The zero-order valence-electron chi connectivity index (χ0n) is 5.53. The Labute approximate surface area is 61.9 Å². The van der Waals surface area contributed by atoms with Crippen molar-refractivity contribution in [1.82, 2.24) is 15.0 Å². The Bertz CT molecular complexity index is 388. The fourth-order valence-electron chi connectivity index (χ4n) is 0.843. The molecule has 0 aliphatic heterocycles. The van der Waals surface area contributed by atoms with E-state index in [0.717, 1.165) is 5.39 Å². The highest BCUT2D eigenvalue weighted by Crippen LogP contribution is 2.04. The number of nitrogens with zero attached hydrogens (tertiary/aromatic N) is 3. The van der Waals surface area contributed by atoms with Crippen molar-refractivity contribution in [3.8, 4) is 0 Å². The molecule has 0 spiro atoms. The summed E-state index contributed by atoms with van der Waals surface area (Å²) < 4.78 is 12.4. The molecule has 0 saturated heterocycles. The van der Waals surface area contributed by atoms with Gasteiger partial charge in [0.1, 0.15) is 0 Å². The highest BCUT2D eigenvalue weighted by molar-refractivity contribution is 5.72. The van der Waals surface area contributed by atoms with Crippen molar-refractivity contribution in [3.05, 3.63) is 30.6 Å². The first-order valence-electron chi connectivity index (χ1n) is 3.09. The van der Waals surface area contributed by atoms with Crippen LogP contribution in [0, 0.1) is 6.08 Å². The minimum absolute atomic E-state index is 0.389. The van der Waals surface area contributed by atoms with Gasteiger partial charge in [0.25, 0.3) is 0 Å². The molecule has 2 heterocycles. The average molecular weight is 149 g/mol. The molecule has 4 heteroatoms. The summed E-state index contributed by atoms with van der Waals surface area (Å²) in [6.07, 6.45) is 2.23. The van der Waals surface area contributed by atoms with Crippen LogP contribution in [0.15, 0.2) is 24.5 Å². The number of rotatable bonds is 0. The monoisotopic (exact) mass is 149 g/mol. The van der Waals surface area contributed by atoms with E-state index in [0.29, 0.717) is 5.65 Å². The minimum atomic E-state index is -0.740. The summed E-state index contributed by atoms with van der Waals surface area (Å²) in [6.45, 7) is 0. The third kappa shape index (κ3) is 1.02. The van der Waals surface area contributed by atoms with Gasteiger partial charge in [-0.2, -0.15) is 9.37 Å². The lowest BCUT2D eigenvalue weighted by Gasteiger charge is -1.91. The van der Waals surface area contributed by atoms with Crippen LogP contribution in [0.3, 0.4) is 0 Å². The van der Waals surface area contributed by atoms with Crippen molar-refractivity contribution < 1.29 is 4.39 Å². The van der Waals surface area contributed by atoms with Crippen LogP contribution in [0.4, 0.5) is 4.39 Å². The standard InChI is InChI=1S/C7H4FN3/c8-7-10-4-5-2-1-3-9-6(5)11-7/h1-4H. The molecular formula is C7H4FN3. The van der Waals surface area contributed by atoms with Crippen molar-refractivity contribution in [3.63, 3.8) is 0 Å². The van der Waals surface area contributed by atoms with Crippen LogP contribution in [-0.4, -0.2) is 15.0 Å². The van der Waals surface area contributed by atoms with Crippen LogP contribution in [-0.2, 0) is 0 Å². The maximum Gasteiger partial charge on any atom is 0.310 e. The fraction of sp³-hybridized carbons (Fsp3) is 0. The number of fused-ring (bicyclic) bond motifs is 1. The van der Waals surface area contributed by atoms with E-state index in [4.69, 9.17) is 0 Å². The van der Waals surface area contributed by atoms with Crippen LogP contribution >= 0.6 is 0 Å². The Balaban J connectivity index is 2.83. The number of hydrogen-bond acceptors (Lipinski definition) is 3. The molecule has 3 nitrogen and oxygen atoms in total. The summed E-state index contributed by atoms with van der Waals surface area (Å²) in [5, 5.41) is 0.744. The SMILES string of the molecule is Fc1ncc2cccnc2n1. The van der Waals surface area contributed by atoms with Gasteiger partial charge < -0.3 is 0 Å². The second-order valence-electron chi connectivity index (χ2n) is 2.06. The zero-order chi connectivity index (χ0) is 7.68. The summed E-state index contributed by atoms with van der Waals surface area (Å²) in [5.41, 5.74) is 0.389. The Morgan fingerprint density at radius 1 is 1.27 bits per heavy atom. The van der Waals surface area contributed by atoms with Gasteiger partial charge in [0.15, 0.2) is 5.65 Å². The molecule has 0 N–H and O–H groups in total. The van der Waals surface area contributed by atoms with Crippen LogP contribution < -0.4 is 0 Å². The molecule has 0 radical (unpaired) electrons. The highest BCUT2D eigenvalue weighted by atomic mass is 19.1. The van der Waals surface area contributed by atoms with E-state index < -0.39 is 6.08 Å². The molecule has 0 atom stereocenters. The lowest BCUT2D eigenvalue weighted by molar-refractivity contribution is 0.543. The van der Waals surface area contributed by atoms with Crippen molar-refractivity contribution >= 4 is 11.0 Å². The van der Waals surface area contributed by atoms with Gasteiger partial charge in [0.05, 0.1) is 0 Å². The molecule has 0 aliphatic carbocycles. The van der Waals surface area contributed by atoms with Crippen LogP contribution in [0.25, 0.3) is 11.0 Å². The van der Waals surface area contributed by atoms with Crippen molar-refractivity contribution in [2.75, 3.05) is 0 Å². The Kier molecular flexibility index (Phi) is 1.25. The van der Waals surface area contributed by atoms with Gasteiger partial charge in [-0.15, -0.1) is 0 Å². The molecule has 2 aromatic rings. The van der Waals surface area contributed by atoms with Gasteiger partial charge >= 0.3 is 6.08 Å². The topological polar surface area (TPSA) is 38.7 Å². The van der Waals surface area contributed by atoms with E-state index in [9.17, 15) is 4.39 Å². The summed E-state index contributed by atoms with van der Waals surface area (Å²) in [5.74, 6) is 0. The third-order valence-corrected chi connectivity index (χ3v) is 1.33. The van der Waals surface area contributed by atoms with E-state index in [1.807, 2.05) is 0 Å². The number of aromatic nitrogens is 3. The Morgan fingerprint density at radius 2 is 2.18 bits per heavy atom. The largest absolute Gasteiger partial charge is 0.310 e. The van der Waals surface area contributed by atoms with Crippen LogP contribution in [0.1, 0.15) is 0 Å². The fourth-order valence-corrected chi connectivity index (χ4v) is 0.843. The van der Waals surface area contributed by atoms with Crippen molar-refractivity contribution in [1.29, 1.82) is 0 Å². The number of pyridine rings is 1. The predicted octanol–water partition coefficient (Wildman–Crippen LogP) is 1.16. The first kappa shape index (κ1) is 6.15. The molecule has 54 valence electrons. The van der Waals surface area contributed by atoms with Crippen LogP contribution in [0.5, 0.6) is 0 Å². The molecule has 0 bridgehead atoms. The normalized spacial score (nSPS) is 10.3. The zero-order valence-corrected chi connectivity index (χ0v) is 5.53. The van der Waals surface area contributed by atoms with Crippen molar-refractivity contribution in [2.45, 2.75) is 0 Å². The van der Waals surface area contributed by atoms with Gasteiger partial charge in [0.2, 0.25) is 0 Å². The average Bonchev–Trinajstić information content (AvgIpc) is 2.04. The summed E-state index contributed by atoms with van der Waals surface area (Å²) in [7, 11) is 0. The smallest absolute Gasteiger partial charge is 0.236 e. The highest BCUT2D eigenvalue weighted by Gasteiger charge is 1.96. The van der Waals surface area contributed by atoms with E-state index in [2.05, 4.69) is 15.0 Å². The summed E-state index contributed by atoms with van der Waals surface area (Å²) in [6, 6.07) is 3.53. The quantitative estimate of drug-likeness (QED) is 0.527. The van der Waals surface area contributed by atoms with Gasteiger partial charge in [-0.05, 0) is 12.1 Å². The molecule has 0 amide bonds. The minimum Gasteiger partial charge on any atom is -0.236 e. The molecular weight excluding hydrogens is 145 g/mol. The second kappa shape index (κ2) is 2.23. The molecule has 0 unspecified atom stereocenters. The van der Waals surface area contributed by atoms with Crippen LogP contribution in [0.2, 0.25) is 0 Å². The van der Waals surface area contributed by atoms with E-state index >= 15 is 0 Å². The van der Waals surface area contributed by atoms with Crippen molar-refractivity contribution in [2.24, 2.45) is 0 Å². The number of hydrogen-bond donors (Lipinski definition) is 0. The van der Waals surface area contributed by atoms with E-state index in [1.54, 1.807) is 18.3 Å². The molecule has 0 fully saturated rings. The second-order valence-corrected chi connectivity index (χ2v) is 2.06. The lowest BCUT2D eigenvalue weighted by Crippen LogP contribution is -1.90. The Morgan fingerprint density at radius 3 is 3.09 bits per heavy atom.